The molecule has 0 atom stereocenters. The van der Waals surface area contributed by atoms with Crippen molar-refractivity contribution < 1.29 is 4.79 Å². The lowest BCUT2D eigenvalue weighted by atomic mass is 10.1. The summed E-state index contributed by atoms with van der Waals surface area (Å²) >= 11 is 0. The molecule has 3 heteroatoms. The molecule has 0 aliphatic carbocycles. The van der Waals surface area contributed by atoms with Crippen LogP contribution in [-0.2, 0) is 0 Å². The van der Waals surface area contributed by atoms with Crippen molar-refractivity contribution in [2.45, 2.75) is 19.3 Å². The second-order valence-electron chi connectivity index (χ2n) is 4.08. The number of benzene rings is 1. The molecule has 1 heterocycles. The molecule has 84 valence electrons. The predicted octanol–water partition coefficient (Wildman–Crippen LogP) is 2.34. The summed E-state index contributed by atoms with van der Waals surface area (Å²) in [6.07, 6.45) is 3.23. The number of nitrogens with zero attached hydrogens (tertiary/aromatic N) is 2. The number of carbonyl (C=O) groups is 1. The average molecular weight is 216 g/mol. The molecule has 1 aromatic rings. The van der Waals surface area contributed by atoms with E-state index in [0.717, 1.165) is 25.2 Å². The summed E-state index contributed by atoms with van der Waals surface area (Å²) in [5.41, 5.74) is 0.661. The number of amides is 1. The summed E-state index contributed by atoms with van der Waals surface area (Å²) in [5, 5.41) is 0. The summed E-state index contributed by atoms with van der Waals surface area (Å²) in [5.74, 6) is 0.782. The number of rotatable bonds is 1. The minimum absolute atomic E-state index is 0.135. The van der Waals surface area contributed by atoms with Crippen LogP contribution in [0.1, 0.15) is 29.6 Å². The lowest BCUT2D eigenvalue weighted by molar-refractivity contribution is 0.100. The van der Waals surface area contributed by atoms with Crippen molar-refractivity contribution in [3.05, 3.63) is 35.9 Å². The zero-order valence-corrected chi connectivity index (χ0v) is 9.52. The van der Waals surface area contributed by atoms with Crippen molar-refractivity contribution in [1.82, 2.24) is 4.90 Å². The molecule has 1 saturated heterocycles. The average Bonchev–Trinajstić information content (AvgIpc) is 2.33. The van der Waals surface area contributed by atoms with Crippen LogP contribution in [0.25, 0.3) is 0 Å². The van der Waals surface area contributed by atoms with Gasteiger partial charge in [0.2, 0.25) is 0 Å². The van der Waals surface area contributed by atoms with E-state index in [1.807, 2.05) is 25.2 Å². The number of hydrogen-bond acceptors (Lipinski definition) is 1. The van der Waals surface area contributed by atoms with Crippen molar-refractivity contribution in [3.8, 4) is 0 Å². The number of aliphatic imine (C=N–C) groups is 1. The Labute approximate surface area is 95.8 Å². The lowest BCUT2D eigenvalue weighted by Gasteiger charge is -2.25. The van der Waals surface area contributed by atoms with Crippen molar-refractivity contribution in [3.63, 3.8) is 0 Å². The molecule has 0 N–H and O–H groups in total. The molecule has 1 fully saturated rings. The van der Waals surface area contributed by atoms with Gasteiger partial charge in [-0.25, -0.2) is 0 Å². The van der Waals surface area contributed by atoms with Crippen LogP contribution < -0.4 is 0 Å². The van der Waals surface area contributed by atoms with E-state index < -0.39 is 0 Å². The van der Waals surface area contributed by atoms with E-state index in [0.29, 0.717) is 5.56 Å². The summed E-state index contributed by atoms with van der Waals surface area (Å²) in [7, 11) is 2.00. The van der Waals surface area contributed by atoms with Crippen LogP contribution in [0.2, 0.25) is 0 Å². The minimum Gasteiger partial charge on any atom is -0.363 e. The lowest BCUT2D eigenvalue weighted by Crippen LogP contribution is -2.32. The van der Waals surface area contributed by atoms with Gasteiger partial charge >= 0.3 is 0 Å². The van der Waals surface area contributed by atoms with Gasteiger partial charge in [0.15, 0.2) is 0 Å². The number of hydrogen-bond donors (Lipinski definition) is 0. The van der Waals surface area contributed by atoms with Crippen LogP contribution in [0.15, 0.2) is 35.3 Å². The third kappa shape index (κ3) is 2.48. The topological polar surface area (TPSA) is 32.7 Å². The molecule has 1 aromatic carbocycles. The molecule has 0 aromatic heterocycles. The summed E-state index contributed by atoms with van der Waals surface area (Å²) < 4.78 is 0. The second kappa shape index (κ2) is 4.92. The number of likely N-dealkylation sites (tertiary alicyclic amines) is 1. The van der Waals surface area contributed by atoms with Crippen LogP contribution in [0.3, 0.4) is 0 Å². The number of carbonyl (C=O) groups excluding carboxylic acids is 1. The third-order valence-electron chi connectivity index (χ3n) is 2.84. The first kappa shape index (κ1) is 10.9. The minimum atomic E-state index is -0.135. The van der Waals surface area contributed by atoms with E-state index in [9.17, 15) is 4.79 Å². The highest BCUT2D eigenvalue weighted by Crippen LogP contribution is 2.11. The monoisotopic (exact) mass is 216 g/mol. The Morgan fingerprint density at radius 3 is 2.69 bits per heavy atom. The fraction of sp³-hybridized carbons (Fsp3) is 0.385. The Bertz CT molecular complexity index is 398. The van der Waals surface area contributed by atoms with Crippen molar-refractivity contribution >= 4 is 11.7 Å². The van der Waals surface area contributed by atoms with E-state index in [2.05, 4.69) is 9.89 Å². The molecule has 16 heavy (non-hydrogen) atoms. The van der Waals surface area contributed by atoms with Crippen LogP contribution >= 0.6 is 0 Å². The quantitative estimate of drug-likeness (QED) is 0.721. The fourth-order valence-corrected chi connectivity index (χ4v) is 1.86. The SMILES string of the molecule is CN1CCCCC1=NC(=O)c1ccccc1. The van der Waals surface area contributed by atoms with Gasteiger partial charge in [-0.05, 0) is 25.0 Å². The highest BCUT2D eigenvalue weighted by molar-refractivity contribution is 6.03. The number of amidine groups is 1. The maximum absolute atomic E-state index is 11.8. The Morgan fingerprint density at radius 1 is 1.25 bits per heavy atom. The molecule has 1 aliphatic rings. The first-order chi connectivity index (χ1) is 7.77. The molecule has 0 saturated carbocycles. The highest BCUT2D eigenvalue weighted by atomic mass is 16.1. The highest BCUT2D eigenvalue weighted by Gasteiger charge is 2.14. The summed E-state index contributed by atoms with van der Waals surface area (Å²) in [6.45, 7) is 1.00. The van der Waals surface area contributed by atoms with Crippen LogP contribution in [0.5, 0.6) is 0 Å². The Morgan fingerprint density at radius 2 is 2.00 bits per heavy atom. The van der Waals surface area contributed by atoms with Crippen LogP contribution in [-0.4, -0.2) is 30.2 Å². The fourth-order valence-electron chi connectivity index (χ4n) is 1.86. The molecule has 0 spiro atoms. The molecule has 0 bridgehead atoms. The molecule has 1 amide bonds. The van der Waals surface area contributed by atoms with Gasteiger partial charge in [0.25, 0.3) is 5.91 Å². The van der Waals surface area contributed by atoms with E-state index in [1.165, 1.54) is 6.42 Å². The molecule has 0 unspecified atom stereocenters. The maximum Gasteiger partial charge on any atom is 0.278 e. The molecule has 1 aliphatic heterocycles. The van der Waals surface area contributed by atoms with Gasteiger partial charge in [-0.15, -0.1) is 0 Å². The second-order valence-corrected chi connectivity index (χ2v) is 4.08. The van der Waals surface area contributed by atoms with Gasteiger partial charge < -0.3 is 4.90 Å². The van der Waals surface area contributed by atoms with Crippen LogP contribution in [0, 0.1) is 0 Å². The van der Waals surface area contributed by atoms with Gasteiger partial charge in [-0.3, -0.25) is 4.79 Å². The first-order valence-electron chi connectivity index (χ1n) is 5.65. The zero-order valence-electron chi connectivity index (χ0n) is 9.52. The van der Waals surface area contributed by atoms with E-state index >= 15 is 0 Å². The molecular weight excluding hydrogens is 200 g/mol. The van der Waals surface area contributed by atoms with Crippen molar-refractivity contribution in [1.29, 1.82) is 0 Å². The summed E-state index contributed by atoms with van der Waals surface area (Å²) in [6, 6.07) is 9.22. The molecular formula is C13H16N2O. The van der Waals surface area contributed by atoms with E-state index in [4.69, 9.17) is 0 Å². The van der Waals surface area contributed by atoms with Gasteiger partial charge in [0.05, 0.1) is 0 Å². The Hall–Kier alpha value is -1.64. The van der Waals surface area contributed by atoms with E-state index in [-0.39, 0.29) is 5.91 Å². The summed E-state index contributed by atoms with van der Waals surface area (Å²) in [4.78, 5) is 18.1. The first-order valence-corrected chi connectivity index (χ1v) is 5.65. The van der Waals surface area contributed by atoms with Crippen LogP contribution in [0.4, 0.5) is 0 Å². The molecule has 3 nitrogen and oxygen atoms in total. The molecule has 2 rings (SSSR count). The maximum atomic E-state index is 11.8. The zero-order chi connectivity index (χ0) is 11.4. The third-order valence-corrected chi connectivity index (χ3v) is 2.84. The Balaban J connectivity index is 2.14. The largest absolute Gasteiger partial charge is 0.363 e. The predicted molar refractivity (Wildman–Crippen MR) is 64.7 cm³/mol. The Kier molecular flexibility index (Phi) is 3.34. The standard InChI is InChI=1S/C13H16N2O/c1-15-10-6-5-9-12(15)14-13(16)11-7-3-2-4-8-11/h2-4,7-8H,5-6,9-10H2,1H3. The van der Waals surface area contributed by atoms with Gasteiger partial charge in [0, 0.05) is 25.6 Å². The smallest absolute Gasteiger partial charge is 0.278 e. The van der Waals surface area contributed by atoms with Crippen molar-refractivity contribution in [2.24, 2.45) is 4.99 Å². The number of piperidine rings is 1. The normalized spacial score (nSPS) is 18.8. The van der Waals surface area contributed by atoms with Gasteiger partial charge in [0.1, 0.15) is 5.84 Å². The van der Waals surface area contributed by atoms with Gasteiger partial charge in [-0.2, -0.15) is 4.99 Å². The van der Waals surface area contributed by atoms with Gasteiger partial charge in [-0.1, -0.05) is 18.2 Å². The van der Waals surface area contributed by atoms with Crippen molar-refractivity contribution in [2.75, 3.05) is 13.6 Å². The van der Waals surface area contributed by atoms with E-state index in [1.54, 1.807) is 12.1 Å². The molecule has 0 radical (unpaired) electrons.